The van der Waals surface area contributed by atoms with E-state index < -0.39 is 0 Å². The maximum atomic E-state index is 9.07. The van der Waals surface area contributed by atoms with E-state index in [1.807, 2.05) is 26.0 Å². The second kappa shape index (κ2) is 4.98. The van der Waals surface area contributed by atoms with Crippen molar-refractivity contribution in [2.75, 3.05) is 0 Å². The maximum Gasteiger partial charge on any atom is 0.115 e. The third kappa shape index (κ3) is 3.77. The largest absolute Gasteiger partial charge is 0.508 e. The molecule has 1 unspecified atom stereocenters. The number of hydrogen-bond donors (Lipinski definition) is 2. The lowest BCUT2D eigenvalue weighted by Crippen LogP contribution is -2.29. The molecule has 14 heavy (non-hydrogen) atoms. The first-order valence-electron chi connectivity index (χ1n) is 4.77. The number of ether oxygens (including phenoxy) is 1. The van der Waals surface area contributed by atoms with E-state index in [0.717, 1.165) is 5.56 Å². The van der Waals surface area contributed by atoms with Gasteiger partial charge in [0, 0.05) is 6.42 Å². The molecule has 3 heteroatoms. The highest BCUT2D eigenvalue weighted by Crippen LogP contribution is 2.11. The van der Waals surface area contributed by atoms with Crippen LogP contribution >= 0.6 is 0 Å². The summed E-state index contributed by atoms with van der Waals surface area (Å²) >= 11 is 0. The summed E-state index contributed by atoms with van der Waals surface area (Å²) < 4.78 is 5.40. The highest BCUT2D eigenvalue weighted by molar-refractivity contribution is 5.26. The number of rotatable bonds is 4. The highest BCUT2D eigenvalue weighted by Gasteiger charge is 2.05. The van der Waals surface area contributed by atoms with Crippen molar-refractivity contribution in [1.29, 1.82) is 0 Å². The topological polar surface area (TPSA) is 55.5 Å². The molecule has 0 bridgehead atoms. The number of benzene rings is 1. The summed E-state index contributed by atoms with van der Waals surface area (Å²) in [7, 11) is 0. The first kappa shape index (κ1) is 11.0. The molecule has 0 radical (unpaired) electrons. The van der Waals surface area contributed by atoms with Crippen LogP contribution in [0.2, 0.25) is 0 Å². The predicted octanol–water partition coefficient (Wildman–Crippen LogP) is 1.64. The fourth-order valence-corrected chi connectivity index (χ4v) is 1.26. The van der Waals surface area contributed by atoms with Crippen LogP contribution in [0.4, 0.5) is 0 Å². The average molecular weight is 195 g/mol. The lowest BCUT2D eigenvalue weighted by Gasteiger charge is -2.15. The molecule has 1 aromatic carbocycles. The van der Waals surface area contributed by atoms with Crippen LogP contribution in [-0.4, -0.2) is 17.4 Å². The van der Waals surface area contributed by atoms with E-state index >= 15 is 0 Å². The normalized spacial score (nSPS) is 13.1. The van der Waals surface area contributed by atoms with Gasteiger partial charge in [-0.05, 0) is 31.5 Å². The molecule has 0 heterocycles. The molecule has 1 aromatic rings. The fraction of sp³-hybridized carbons (Fsp3) is 0.455. The summed E-state index contributed by atoms with van der Waals surface area (Å²) in [5, 5.41) is 9.07. The summed E-state index contributed by atoms with van der Waals surface area (Å²) in [5.74, 6) is 0.270. The van der Waals surface area contributed by atoms with Crippen molar-refractivity contribution >= 4 is 0 Å². The van der Waals surface area contributed by atoms with Crippen LogP contribution in [0, 0.1) is 0 Å². The molecule has 0 fully saturated rings. The number of phenolic OH excluding ortho intramolecular Hbond substituents is 1. The molecular weight excluding hydrogens is 178 g/mol. The summed E-state index contributed by atoms with van der Waals surface area (Å²) in [6.45, 7) is 3.91. The quantitative estimate of drug-likeness (QED) is 0.718. The lowest BCUT2D eigenvalue weighted by atomic mass is 10.1. The molecule has 0 spiro atoms. The molecule has 78 valence electrons. The molecule has 0 saturated heterocycles. The van der Waals surface area contributed by atoms with Gasteiger partial charge in [0.05, 0.1) is 6.10 Å². The minimum atomic E-state index is -0.278. The molecule has 1 atom stereocenters. The van der Waals surface area contributed by atoms with Crippen LogP contribution < -0.4 is 5.73 Å². The maximum absolute atomic E-state index is 9.07. The summed E-state index contributed by atoms with van der Waals surface area (Å²) in [5.41, 5.74) is 6.83. The van der Waals surface area contributed by atoms with E-state index in [-0.39, 0.29) is 18.1 Å². The monoisotopic (exact) mass is 195 g/mol. The Morgan fingerprint density at radius 1 is 1.29 bits per heavy atom. The van der Waals surface area contributed by atoms with Gasteiger partial charge in [0.1, 0.15) is 12.0 Å². The van der Waals surface area contributed by atoms with Crippen molar-refractivity contribution in [3.05, 3.63) is 29.8 Å². The van der Waals surface area contributed by atoms with Gasteiger partial charge in [0.2, 0.25) is 0 Å². The molecule has 0 aliphatic heterocycles. The average Bonchev–Trinajstić information content (AvgIpc) is 2.07. The van der Waals surface area contributed by atoms with E-state index in [1.54, 1.807) is 12.1 Å². The summed E-state index contributed by atoms with van der Waals surface area (Å²) in [6, 6.07) is 6.99. The summed E-state index contributed by atoms with van der Waals surface area (Å²) in [4.78, 5) is 0. The van der Waals surface area contributed by atoms with Crippen LogP contribution in [0.5, 0.6) is 5.75 Å². The van der Waals surface area contributed by atoms with Gasteiger partial charge >= 0.3 is 0 Å². The summed E-state index contributed by atoms with van der Waals surface area (Å²) in [6.07, 6.45) is 0.528. The Hall–Kier alpha value is -1.06. The van der Waals surface area contributed by atoms with Crippen molar-refractivity contribution in [3.8, 4) is 5.75 Å². The van der Waals surface area contributed by atoms with E-state index in [2.05, 4.69) is 0 Å². The first-order valence-corrected chi connectivity index (χ1v) is 4.77. The number of aromatic hydroxyl groups is 1. The van der Waals surface area contributed by atoms with Crippen LogP contribution in [0.25, 0.3) is 0 Å². The molecule has 0 saturated carbocycles. The first-order chi connectivity index (χ1) is 6.58. The van der Waals surface area contributed by atoms with Crippen molar-refractivity contribution in [1.82, 2.24) is 0 Å². The molecule has 3 nitrogen and oxygen atoms in total. The van der Waals surface area contributed by atoms with Crippen molar-refractivity contribution < 1.29 is 9.84 Å². The zero-order chi connectivity index (χ0) is 10.6. The van der Waals surface area contributed by atoms with Gasteiger partial charge in [-0.15, -0.1) is 0 Å². The Labute approximate surface area is 84.5 Å². The van der Waals surface area contributed by atoms with Crippen LogP contribution in [0.1, 0.15) is 19.4 Å². The van der Waals surface area contributed by atoms with E-state index in [4.69, 9.17) is 15.6 Å². The number of phenols is 1. The van der Waals surface area contributed by atoms with Gasteiger partial charge in [-0.2, -0.15) is 0 Å². The van der Waals surface area contributed by atoms with Gasteiger partial charge in [0.15, 0.2) is 0 Å². The van der Waals surface area contributed by atoms with E-state index in [1.165, 1.54) is 0 Å². The Bertz CT molecular complexity index is 269. The van der Waals surface area contributed by atoms with E-state index in [0.29, 0.717) is 6.42 Å². The predicted molar refractivity (Wildman–Crippen MR) is 56.0 cm³/mol. The Balaban J connectivity index is 2.47. The van der Waals surface area contributed by atoms with E-state index in [9.17, 15) is 0 Å². The number of hydrogen-bond acceptors (Lipinski definition) is 3. The Morgan fingerprint density at radius 2 is 1.86 bits per heavy atom. The lowest BCUT2D eigenvalue weighted by molar-refractivity contribution is 0.0123. The third-order valence-electron chi connectivity index (χ3n) is 1.82. The van der Waals surface area contributed by atoms with Gasteiger partial charge in [-0.1, -0.05) is 12.1 Å². The SMILES string of the molecule is CC(C)OC(N)Cc1ccc(O)cc1. The molecule has 0 aliphatic rings. The van der Waals surface area contributed by atoms with Crippen LogP contribution in [0.15, 0.2) is 24.3 Å². The molecular formula is C11H17NO2. The van der Waals surface area contributed by atoms with Crippen molar-refractivity contribution in [2.45, 2.75) is 32.6 Å². The van der Waals surface area contributed by atoms with Gasteiger partial charge in [-0.25, -0.2) is 0 Å². The van der Waals surface area contributed by atoms with Crippen LogP contribution in [0.3, 0.4) is 0 Å². The standard InChI is InChI=1S/C11H17NO2/c1-8(2)14-11(12)7-9-3-5-10(13)6-4-9/h3-6,8,11,13H,7,12H2,1-2H3. The minimum absolute atomic E-state index is 0.141. The Morgan fingerprint density at radius 3 is 2.36 bits per heavy atom. The van der Waals surface area contributed by atoms with Gasteiger partial charge in [-0.3, -0.25) is 0 Å². The number of nitrogens with two attached hydrogens (primary N) is 1. The second-order valence-electron chi connectivity index (χ2n) is 3.59. The zero-order valence-corrected chi connectivity index (χ0v) is 8.60. The second-order valence-corrected chi connectivity index (χ2v) is 3.59. The fourth-order valence-electron chi connectivity index (χ4n) is 1.26. The molecule has 1 rings (SSSR count). The van der Waals surface area contributed by atoms with Gasteiger partial charge in [0.25, 0.3) is 0 Å². The Kier molecular flexibility index (Phi) is 3.92. The molecule has 0 aromatic heterocycles. The zero-order valence-electron chi connectivity index (χ0n) is 8.60. The molecule has 0 amide bonds. The smallest absolute Gasteiger partial charge is 0.115 e. The third-order valence-corrected chi connectivity index (χ3v) is 1.82. The van der Waals surface area contributed by atoms with Crippen molar-refractivity contribution in [3.63, 3.8) is 0 Å². The van der Waals surface area contributed by atoms with Crippen molar-refractivity contribution in [2.24, 2.45) is 5.73 Å². The minimum Gasteiger partial charge on any atom is -0.508 e. The molecule has 0 aliphatic carbocycles. The van der Waals surface area contributed by atoms with Gasteiger partial charge < -0.3 is 15.6 Å². The highest BCUT2D eigenvalue weighted by atomic mass is 16.5. The molecule has 3 N–H and O–H groups in total. The van der Waals surface area contributed by atoms with Crippen LogP contribution in [-0.2, 0) is 11.2 Å².